The second kappa shape index (κ2) is 3.41. The minimum absolute atomic E-state index is 0.585. The molecule has 0 radical (unpaired) electrons. The lowest BCUT2D eigenvalue weighted by molar-refractivity contribution is 0.748. The molecule has 1 heterocycles. The van der Waals surface area contributed by atoms with Crippen molar-refractivity contribution in [3.63, 3.8) is 0 Å². The molecule has 0 spiro atoms. The number of hydrogen-bond acceptors (Lipinski definition) is 0. The van der Waals surface area contributed by atoms with Crippen molar-refractivity contribution < 1.29 is 0 Å². The van der Waals surface area contributed by atoms with Crippen molar-refractivity contribution >= 4 is 10.9 Å². The van der Waals surface area contributed by atoms with Gasteiger partial charge in [-0.1, -0.05) is 26.0 Å². The Labute approximate surface area is 91.7 Å². The second-order valence-corrected chi connectivity index (χ2v) is 4.69. The average molecular weight is 201 g/mol. The molecule has 0 bridgehead atoms. The Kier molecular flexibility index (Phi) is 2.34. The fourth-order valence-corrected chi connectivity index (χ4v) is 2.75. The van der Waals surface area contributed by atoms with E-state index in [1.165, 1.54) is 27.7 Å². The Balaban J connectivity index is 2.92. The van der Waals surface area contributed by atoms with E-state index in [1.807, 2.05) is 0 Å². The predicted octanol–water partition coefficient (Wildman–Crippen LogP) is 3.92. The Hall–Kier alpha value is -1.24. The van der Waals surface area contributed by atoms with Crippen molar-refractivity contribution in [2.45, 2.75) is 33.6 Å². The molecule has 0 saturated heterocycles. The zero-order valence-electron chi connectivity index (χ0n) is 10.3. The molecule has 1 nitrogen and oxygen atoms in total. The fraction of sp³-hybridized carbons (Fsp3) is 0.429. The van der Waals surface area contributed by atoms with Crippen molar-refractivity contribution in [2.24, 2.45) is 7.05 Å². The summed E-state index contributed by atoms with van der Waals surface area (Å²) in [6.45, 7) is 8.96. The third-order valence-corrected chi connectivity index (χ3v) is 3.28. The molecule has 2 rings (SSSR count). The molecule has 0 atom stereocenters. The fourth-order valence-electron chi connectivity index (χ4n) is 2.75. The SMILES string of the molecule is Cc1cccc2c1c(C)c(C(C)C)n2C. The van der Waals surface area contributed by atoms with E-state index in [0.717, 1.165) is 0 Å². The van der Waals surface area contributed by atoms with E-state index < -0.39 is 0 Å². The summed E-state index contributed by atoms with van der Waals surface area (Å²) in [5.74, 6) is 0.585. The molecule has 15 heavy (non-hydrogen) atoms. The number of nitrogens with zero attached hydrogens (tertiary/aromatic N) is 1. The van der Waals surface area contributed by atoms with Crippen LogP contribution in [0, 0.1) is 13.8 Å². The van der Waals surface area contributed by atoms with E-state index in [-0.39, 0.29) is 0 Å². The van der Waals surface area contributed by atoms with Crippen LogP contribution >= 0.6 is 0 Å². The van der Waals surface area contributed by atoms with E-state index in [2.05, 4.69) is 57.5 Å². The molecular formula is C14H19N. The van der Waals surface area contributed by atoms with Crippen LogP contribution in [0.3, 0.4) is 0 Å². The Bertz CT molecular complexity index is 504. The highest BCUT2D eigenvalue weighted by Crippen LogP contribution is 2.31. The largest absolute Gasteiger partial charge is 0.347 e. The van der Waals surface area contributed by atoms with Crippen LogP contribution in [-0.2, 0) is 7.05 Å². The quantitative estimate of drug-likeness (QED) is 0.659. The number of aryl methyl sites for hydroxylation is 3. The van der Waals surface area contributed by atoms with Crippen LogP contribution in [0.2, 0.25) is 0 Å². The molecule has 1 heteroatoms. The van der Waals surface area contributed by atoms with Crippen molar-refractivity contribution in [3.8, 4) is 0 Å². The molecule has 0 N–H and O–H groups in total. The van der Waals surface area contributed by atoms with E-state index in [4.69, 9.17) is 0 Å². The first-order valence-electron chi connectivity index (χ1n) is 5.58. The second-order valence-electron chi connectivity index (χ2n) is 4.69. The molecular weight excluding hydrogens is 182 g/mol. The molecule has 0 aliphatic carbocycles. The summed E-state index contributed by atoms with van der Waals surface area (Å²) in [6, 6.07) is 6.54. The normalized spacial score (nSPS) is 11.6. The summed E-state index contributed by atoms with van der Waals surface area (Å²) in [4.78, 5) is 0. The third-order valence-electron chi connectivity index (χ3n) is 3.28. The summed E-state index contributed by atoms with van der Waals surface area (Å²) in [7, 11) is 2.17. The van der Waals surface area contributed by atoms with Crippen LogP contribution in [0.5, 0.6) is 0 Å². The van der Waals surface area contributed by atoms with Gasteiger partial charge in [-0.25, -0.2) is 0 Å². The van der Waals surface area contributed by atoms with Gasteiger partial charge in [-0.05, 0) is 37.0 Å². The predicted molar refractivity (Wildman–Crippen MR) is 66.5 cm³/mol. The van der Waals surface area contributed by atoms with Gasteiger partial charge in [0.1, 0.15) is 0 Å². The van der Waals surface area contributed by atoms with Gasteiger partial charge in [-0.3, -0.25) is 0 Å². The van der Waals surface area contributed by atoms with E-state index in [0.29, 0.717) is 5.92 Å². The maximum atomic E-state index is 2.34. The number of rotatable bonds is 1. The first-order valence-corrected chi connectivity index (χ1v) is 5.58. The summed E-state index contributed by atoms with van der Waals surface area (Å²) >= 11 is 0. The Morgan fingerprint density at radius 2 is 1.80 bits per heavy atom. The smallest absolute Gasteiger partial charge is 0.0485 e. The van der Waals surface area contributed by atoms with Crippen LogP contribution in [0.15, 0.2) is 18.2 Å². The van der Waals surface area contributed by atoms with Crippen molar-refractivity contribution in [1.82, 2.24) is 4.57 Å². The highest BCUT2D eigenvalue weighted by Gasteiger charge is 2.14. The van der Waals surface area contributed by atoms with Gasteiger partial charge in [0, 0.05) is 23.6 Å². The molecule has 1 aromatic carbocycles. The molecule has 0 aliphatic rings. The van der Waals surface area contributed by atoms with Gasteiger partial charge >= 0.3 is 0 Å². The van der Waals surface area contributed by atoms with Crippen LogP contribution < -0.4 is 0 Å². The lowest BCUT2D eigenvalue weighted by Crippen LogP contribution is -1.99. The Morgan fingerprint density at radius 1 is 1.13 bits per heavy atom. The zero-order valence-corrected chi connectivity index (χ0v) is 10.3. The van der Waals surface area contributed by atoms with Crippen LogP contribution in [0.25, 0.3) is 10.9 Å². The minimum atomic E-state index is 0.585. The number of fused-ring (bicyclic) bond motifs is 1. The molecule has 2 aromatic rings. The zero-order chi connectivity index (χ0) is 11.2. The average Bonchev–Trinajstić information content (AvgIpc) is 2.40. The van der Waals surface area contributed by atoms with Crippen molar-refractivity contribution in [1.29, 1.82) is 0 Å². The molecule has 0 saturated carbocycles. The van der Waals surface area contributed by atoms with Gasteiger partial charge in [0.05, 0.1) is 0 Å². The minimum Gasteiger partial charge on any atom is -0.347 e. The standard InChI is InChI=1S/C14H19N/c1-9(2)14-11(4)13-10(3)7-6-8-12(13)15(14)5/h6-9H,1-5H3. The summed E-state index contributed by atoms with van der Waals surface area (Å²) in [5.41, 5.74) is 5.64. The third kappa shape index (κ3) is 1.38. The number of aromatic nitrogens is 1. The Morgan fingerprint density at radius 3 is 2.33 bits per heavy atom. The van der Waals surface area contributed by atoms with Crippen LogP contribution in [0.1, 0.15) is 36.6 Å². The van der Waals surface area contributed by atoms with Gasteiger partial charge in [-0.15, -0.1) is 0 Å². The van der Waals surface area contributed by atoms with Gasteiger partial charge < -0.3 is 4.57 Å². The summed E-state index contributed by atoms with van der Waals surface area (Å²) < 4.78 is 2.34. The molecule has 0 unspecified atom stereocenters. The number of benzene rings is 1. The maximum absolute atomic E-state index is 2.34. The maximum Gasteiger partial charge on any atom is 0.0485 e. The highest BCUT2D eigenvalue weighted by molar-refractivity contribution is 5.88. The van der Waals surface area contributed by atoms with Gasteiger partial charge in [0.25, 0.3) is 0 Å². The van der Waals surface area contributed by atoms with Crippen LogP contribution in [0.4, 0.5) is 0 Å². The highest BCUT2D eigenvalue weighted by atomic mass is 15.0. The molecule has 0 aliphatic heterocycles. The molecule has 0 fully saturated rings. The molecule has 1 aromatic heterocycles. The lowest BCUT2D eigenvalue weighted by Gasteiger charge is -2.08. The van der Waals surface area contributed by atoms with Gasteiger partial charge in [0.15, 0.2) is 0 Å². The molecule has 0 amide bonds. The van der Waals surface area contributed by atoms with E-state index in [1.54, 1.807) is 0 Å². The lowest BCUT2D eigenvalue weighted by atomic mass is 10.0. The first kappa shape index (κ1) is 10.3. The van der Waals surface area contributed by atoms with Crippen molar-refractivity contribution in [3.05, 3.63) is 35.0 Å². The van der Waals surface area contributed by atoms with Gasteiger partial charge in [-0.2, -0.15) is 0 Å². The van der Waals surface area contributed by atoms with Crippen molar-refractivity contribution in [2.75, 3.05) is 0 Å². The summed E-state index contributed by atoms with van der Waals surface area (Å²) in [6.07, 6.45) is 0. The summed E-state index contributed by atoms with van der Waals surface area (Å²) in [5, 5.41) is 1.43. The topological polar surface area (TPSA) is 4.93 Å². The van der Waals surface area contributed by atoms with E-state index in [9.17, 15) is 0 Å². The number of hydrogen-bond donors (Lipinski definition) is 0. The molecule has 80 valence electrons. The van der Waals surface area contributed by atoms with Gasteiger partial charge in [0.2, 0.25) is 0 Å². The van der Waals surface area contributed by atoms with Crippen LogP contribution in [-0.4, -0.2) is 4.57 Å². The monoisotopic (exact) mass is 201 g/mol. The van der Waals surface area contributed by atoms with E-state index >= 15 is 0 Å². The first-order chi connectivity index (χ1) is 7.04.